The first kappa shape index (κ1) is 13.5. The Labute approximate surface area is 103 Å². The molecule has 17 heavy (non-hydrogen) atoms. The van der Waals surface area contributed by atoms with Crippen LogP contribution in [0.15, 0.2) is 36.4 Å². The second-order valence-electron chi connectivity index (χ2n) is 4.71. The molecule has 92 valence electrons. The molecule has 1 aromatic rings. The summed E-state index contributed by atoms with van der Waals surface area (Å²) < 4.78 is 4.96. The van der Waals surface area contributed by atoms with Gasteiger partial charge in [0.05, 0.1) is 13.0 Å². The summed E-state index contributed by atoms with van der Waals surface area (Å²) in [6.45, 7) is 6.33. The van der Waals surface area contributed by atoms with Crippen LogP contribution in [0.5, 0.6) is 0 Å². The average Bonchev–Trinajstić information content (AvgIpc) is 2.27. The Balaban J connectivity index is 2.60. The van der Waals surface area contributed by atoms with Crippen LogP contribution in [0.1, 0.15) is 32.8 Å². The van der Waals surface area contributed by atoms with Gasteiger partial charge in [-0.1, -0.05) is 56.3 Å². The molecule has 0 aliphatic heterocycles. The summed E-state index contributed by atoms with van der Waals surface area (Å²) in [5, 5.41) is 0. The zero-order valence-corrected chi connectivity index (χ0v) is 10.8. The van der Waals surface area contributed by atoms with Gasteiger partial charge >= 0.3 is 5.97 Å². The number of benzene rings is 1. The van der Waals surface area contributed by atoms with Gasteiger partial charge in [0.2, 0.25) is 0 Å². The normalized spacial score (nSPS) is 11.7. The summed E-state index contributed by atoms with van der Waals surface area (Å²) in [7, 11) is 0. The highest BCUT2D eigenvalue weighted by atomic mass is 16.5. The molecule has 0 amide bonds. The molecule has 0 radical (unpaired) electrons. The Bertz CT molecular complexity index is 377. The lowest BCUT2D eigenvalue weighted by Crippen LogP contribution is -2.16. The van der Waals surface area contributed by atoms with Crippen molar-refractivity contribution in [3.8, 4) is 0 Å². The first-order chi connectivity index (χ1) is 8.03. The third kappa shape index (κ3) is 5.34. The number of esters is 1. The Morgan fingerprint density at radius 2 is 1.94 bits per heavy atom. The third-order valence-electron chi connectivity index (χ3n) is 2.43. The molecule has 0 saturated heterocycles. The Hall–Kier alpha value is -1.57. The predicted molar refractivity (Wildman–Crippen MR) is 70.5 cm³/mol. The van der Waals surface area contributed by atoms with Crippen molar-refractivity contribution in [2.45, 2.75) is 27.2 Å². The lowest BCUT2D eigenvalue weighted by atomic mass is 9.88. The lowest BCUT2D eigenvalue weighted by molar-refractivity contribution is -0.144. The molecule has 0 saturated carbocycles. The number of allylic oxidation sites excluding steroid dienone is 1. The minimum absolute atomic E-state index is 0.143. The van der Waals surface area contributed by atoms with E-state index in [1.54, 1.807) is 0 Å². The maximum Gasteiger partial charge on any atom is 0.306 e. The minimum Gasteiger partial charge on any atom is -0.466 e. The van der Waals surface area contributed by atoms with Crippen LogP contribution in [-0.2, 0) is 9.53 Å². The second kappa shape index (κ2) is 6.24. The molecule has 0 aromatic heterocycles. The summed E-state index contributed by atoms with van der Waals surface area (Å²) in [4.78, 5) is 11.4. The molecular weight excluding hydrogens is 212 g/mol. The Kier molecular flexibility index (Phi) is 4.95. The van der Waals surface area contributed by atoms with E-state index < -0.39 is 0 Å². The van der Waals surface area contributed by atoms with Gasteiger partial charge in [-0.05, 0) is 17.9 Å². The van der Waals surface area contributed by atoms with Crippen molar-refractivity contribution in [3.63, 3.8) is 0 Å². The van der Waals surface area contributed by atoms with Crippen molar-refractivity contribution in [3.05, 3.63) is 42.0 Å². The van der Waals surface area contributed by atoms with Crippen molar-refractivity contribution in [1.29, 1.82) is 0 Å². The van der Waals surface area contributed by atoms with E-state index in [1.807, 2.05) is 57.2 Å². The quantitative estimate of drug-likeness (QED) is 0.724. The Morgan fingerprint density at radius 1 is 1.29 bits per heavy atom. The van der Waals surface area contributed by atoms with Crippen molar-refractivity contribution in [2.75, 3.05) is 6.61 Å². The number of hydrogen-bond donors (Lipinski definition) is 0. The van der Waals surface area contributed by atoms with Crippen LogP contribution in [0, 0.1) is 5.41 Å². The molecule has 0 unspecified atom stereocenters. The largest absolute Gasteiger partial charge is 0.466 e. The molecule has 0 spiro atoms. The maximum atomic E-state index is 11.4. The van der Waals surface area contributed by atoms with E-state index in [9.17, 15) is 4.79 Å². The van der Waals surface area contributed by atoms with Crippen molar-refractivity contribution in [1.82, 2.24) is 0 Å². The number of carbonyl (C=O) groups excluding carboxylic acids is 1. The number of rotatable bonds is 5. The summed E-state index contributed by atoms with van der Waals surface area (Å²) >= 11 is 0. The molecule has 0 atom stereocenters. The standard InChI is InChI=1S/C15H20O2/c1-4-17-14(16)12-15(2,3)11-10-13-8-6-5-7-9-13/h5-11H,4,12H2,1-3H3. The van der Waals surface area contributed by atoms with E-state index >= 15 is 0 Å². The maximum absolute atomic E-state index is 11.4. The minimum atomic E-state index is -0.178. The van der Waals surface area contributed by atoms with Crippen LogP contribution in [-0.4, -0.2) is 12.6 Å². The molecule has 0 aliphatic rings. The van der Waals surface area contributed by atoms with Crippen LogP contribution >= 0.6 is 0 Å². The summed E-state index contributed by atoms with van der Waals surface area (Å²) in [6.07, 6.45) is 4.50. The van der Waals surface area contributed by atoms with Gasteiger partial charge in [-0.3, -0.25) is 4.79 Å². The van der Waals surface area contributed by atoms with E-state index in [0.717, 1.165) is 5.56 Å². The van der Waals surface area contributed by atoms with E-state index in [1.165, 1.54) is 0 Å². The molecule has 0 N–H and O–H groups in total. The molecule has 1 aromatic carbocycles. The van der Waals surface area contributed by atoms with Crippen molar-refractivity contribution < 1.29 is 9.53 Å². The molecule has 2 heteroatoms. The molecule has 0 heterocycles. The summed E-state index contributed by atoms with van der Waals surface area (Å²) in [5.41, 5.74) is 0.965. The zero-order valence-electron chi connectivity index (χ0n) is 10.8. The predicted octanol–water partition coefficient (Wildman–Crippen LogP) is 3.68. The number of ether oxygens (including phenoxy) is 1. The highest BCUT2D eigenvalue weighted by Gasteiger charge is 2.19. The Morgan fingerprint density at radius 3 is 2.53 bits per heavy atom. The number of carbonyl (C=O) groups is 1. The first-order valence-electron chi connectivity index (χ1n) is 5.93. The van der Waals surface area contributed by atoms with Gasteiger partial charge in [-0.15, -0.1) is 0 Å². The topological polar surface area (TPSA) is 26.3 Å². The first-order valence-corrected chi connectivity index (χ1v) is 5.93. The summed E-state index contributed by atoms with van der Waals surface area (Å²) in [5.74, 6) is -0.143. The van der Waals surface area contributed by atoms with Gasteiger partial charge in [0.1, 0.15) is 0 Å². The van der Waals surface area contributed by atoms with Gasteiger partial charge in [0.25, 0.3) is 0 Å². The highest BCUT2D eigenvalue weighted by Crippen LogP contribution is 2.24. The van der Waals surface area contributed by atoms with Crippen LogP contribution in [0.2, 0.25) is 0 Å². The number of hydrogen-bond acceptors (Lipinski definition) is 2. The van der Waals surface area contributed by atoms with Crippen LogP contribution in [0.25, 0.3) is 6.08 Å². The van der Waals surface area contributed by atoms with Crippen molar-refractivity contribution >= 4 is 12.0 Å². The lowest BCUT2D eigenvalue weighted by Gasteiger charge is -2.18. The van der Waals surface area contributed by atoms with Gasteiger partial charge in [-0.25, -0.2) is 0 Å². The molecular formula is C15H20O2. The highest BCUT2D eigenvalue weighted by molar-refractivity contribution is 5.70. The fraction of sp³-hybridized carbons (Fsp3) is 0.400. The third-order valence-corrected chi connectivity index (χ3v) is 2.43. The van der Waals surface area contributed by atoms with Crippen molar-refractivity contribution in [2.24, 2.45) is 5.41 Å². The zero-order chi connectivity index (χ0) is 12.7. The summed E-state index contributed by atoms with van der Waals surface area (Å²) in [6, 6.07) is 10.1. The molecule has 2 nitrogen and oxygen atoms in total. The van der Waals surface area contributed by atoms with Crippen LogP contribution < -0.4 is 0 Å². The van der Waals surface area contributed by atoms with E-state index in [2.05, 4.69) is 6.08 Å². The van der Waals surface area contributed by atoms with Gasteiger partial charge in [0, 0.05) is 0 Å². The molecule has 1 rings (SSSR count). The monoisotopic (exact) mass is 232 g/mol. The SMILES string of the molecule is CCOC(=O)CC(C)(C)C=Cc1ccccc1. The average molecular weight is 232 g/mol. The van der Waals surface area contributed by atoms with E-state index in [0.29, 0.717) is 13.0 Å². The van der Waals surface area contributed by atoms with Gasteiger partial charge in [0.15, 0.2) is 0 Å². The fourth-order valence-corrected chi connectivity index (χ4v) is 1.53. The van der Waals surface area contributed by atoms with Crippen LogP contribution in [0.3, 0.4) is 0 Å². The molecule has 0 fully saturated rings. The van der Waals surface area contributed by atoms with E-state index in [-0.39, 0.29) is 11.4 Å². The van der Waals surface area contributed by atoms with Gasteiger partial charge < -0.3 is 4.74 Å². The van der Waals surface area contributed by atoms with Gasteiger partial charge in [-0.2, -0.15) is 0 Å². The molecule has 0 bridgehead atoms. The molecule has 0 aliphatic carbocycles. The van der Waals surface area contributed by atoms with E-state index in [4.69, 9.17) is 4.74 Å². The fourth-order valence-electron chi connectivity index (χ4n) is 1.53. The second-order valence-corrected chi connectivity index (χ2v) is 4.71. The smallest absolute Gasteiger partial charge is 0.306 e. The van der Waals surface area contributed by atoms with Crippen LogP contribution in [0.4, 0.5) is 0 Å².